The van der Waals surface area contributed by atoms with Crippen LogP contribution in [0.2, 0.25) is 10.0 Å². The third-order valence-electron chi connectivity index (χ3n) is 4.18. The lowest BCUT2D eigenvalue weighted by atomic mass is 9.95. The number of aromatic nitrogens is 1. The van der Waals surface area contributed by atoms with Crippen LogP contribution in [0, 0.1) is 0 Å². The van der Waals surface area contributed by atoms with E-state index in [1.54, 1.807) is 36.5 Å². The van der Waals surface area contributed by atoms with Gasteiger partial charge in [0.2, 0.25) is 0 Å². The van der Waals surface area contributed by atoms with Gasteiger partial charge in [0.05, 0.1) is 15.7 Å². The zero-order chi connectivity index (χ0) is 16.9. The Bertz CT molecular complexity index is 730. The summed E-state index contributed by atoms with van der Waals surface area (Å²) in [5.41, 5.74) is 1.02. The molecule has 1 aromatic carbocycles. The molecule has 0 spiro atoms. The summed E-state index contributed by atoms with van der Waals surface area (Å²) < 4.78 is 0. The van der Waals surface area contributed by atoms with E-state index in [-0.39, 0.29) is 5.91 Å². The highest BCUT2D eigenvalue weighted by Crippen LogP contribution is 2.30. The Morgan fingerprint density at radius 1 is 1.12 bits per heavy atom. The van der Waals surface area contributed by atoms with Crippen molar-refractivity contribution < 1.29 is 4.79 Å². The Morgan fingerprint density at radius 3 is 2.71 bits per heavy atom. The average molecular weight is 364 g/mol. The van der Waals surface area contributed by atoms with Gasteiger partial charge < -0.3 is 10.6 Å². The third-order valence-corrected chi connectivity index (χ3v) is 5.00. The number of pyridine rings is 1. The molecule has 3 rings (SSSR count). The largest absolute Gasteiger partial charge is 0.367 e. The topological polar surface area (TPSA) is 54.0 Å². The first-order valence-corrected chi connectivity index (χ1v) is 8.87. The van der Waals surface area contributed by atoms with Crippen LogP contribution in [0.4, 0.5) is 11.5 Å². The number of carbonyl (C=O) groups excluding carboxylic acids is 1. The minimum absolute atomic E-state index is 0.242. The van der Waals surface area contributed by atoms with E-state index in [0.29, 0.717) is 27.3 Å². The summed E-state index contributed by atoms with van der Waals surface area (Å²) in [6, 6.07) is 9.02. The van der Waals surface area contributed by atoms with Gasteiger partial charge in [0.25, 0.3) is 5.91 Å². The molecule has 0 unspecified atom stereocenters. The molecule has 1 heterocycles. The van der Waals surface area contributed by atoms with Crippen LogP contribution in [0.15, 0.2) is 36.5 Å². The van der Waals surface area contributed by atoms with Gasteiger partial charge in [0.1, 0.15) is 5.82 Å². The van der Waals surface area contributed by atoms with Gasteiger partial charge in [-0.2, -0.15) is 0 Å². The average Bonchev–Trinajstić information content (AvgIpc) is 2.60. The molecule has 126 valence electrons. The molecule has 4 nitrogen and oxygen atoms in total. The van der Waals surface area contributed by atoms with Crippen molar-refractivity contribution in [1.29, 1.82) is 0 Å². The van der Waals surface area contributed by atoms with Gasteiger partial charge in [-0.15, -0.1) is 0 Å². The van der Waals surface area contributed by atoms with Crippen molar-refractivity contribution in [3.05, 3.63) is 52.1 Å². The van der Waals surface area contributed by atoms with Crippen LogP contribution in [0.25, 0.3) is 0 Å². The first-order valence-electron chi connectivity index (χ1n) is 8.11. The molecule has 0 bridgehead atoms. The number of halogens is 2. The van der Waals surface area contributed by atoms with Gasteiger partial charge in [-0.05, 0) is 37.1 Å². The summed E-state index contributed by atoms with van der Waals surface area (Å²) >= 11 is 12.1. The first-order chi connectivity index (χ1) is 11.6. The lowest BCUT2D eigenvalue weighted by Crippen LogP contribution is -2.23. The molecule has 24 heavy (non-hydrogen) atoms. The van der Waals surface area contributed by atoms with Crippen molar-refractivity contribution in [2.75, 3.05) is 10.6 Å². The lowest BCUT2D eigenvalue weighted by molar-refractivity contribution is 0.102. The molecule has 6 heteroatoms. The normalized spacial score (nSPS) is 15.1. The number of hydrogen-bond acceptors (Lipinski definition) is 3. The lowest BCUT2D eigenvalue weighted by Gasteiger charge is -2.23. The number of rotatable bonds is 4. The molecule has 2 aromatic rings. The number of amides is 1. The van der Waals surface area contributed by atoms with E-state index in [9.17, 15) is 4.79 Å². The predicted octanol–water partition coefficient (Wildman–Crippen LogP) is 5.39. The van der Waals surface area contributed by atoms with Gasteiger partial charge in [-0.1, -0.05) is 48.5 Å². The summed E-state index contributed by atoms with van der Waals surface area (Å²) in [5.74, 6) is 0.486. The minimum Gasteiger partial charge on any atom is -0.367 e. The monoisotopic (exact) mass is 363 g/mol. The molecule has 1 fully saturated rings. The number of carbonyl (C=O) groups is 1. The van der Waals surface area contributed by atoms with Crippen molar-refractivity contribution in [2.24, 2.45) is 0 Å². The van der Waals surface area contributed by atoms with Crippen LogP contribution in [0.3, 0.4) is 0 Å². The fraction of sp³-hybridized carbons (Fsp3) is 0.333. The molecule has 0 radical (unpaired) electrons. The second-order valence-electron chi connectivity index (χ2n) is 5.96. The van der Waals surface area contributed by atoms with Crippen LogP contribution in [-0.4, -0.2) is 16.9 Å². The summed E-state index contributed by atoms with van der Waals surface area (Å²) in [6.45, 7) is 0. The summed E-state index contributed by atoms with van der Waals surface area (Å²) in [4.78, 5) is 16.8. The molecule has 1 aliphatic carbocycles. The summed E-state index contributed by atoms with van der Waals surface area (Å²) in [6.07, 6.45) is 7.72. The number of hydrogen-bond donors (Lipinski definition) is 2. The zero-order valence-corrected chi connectivity index (χ0v) is 14.7. The van der Waals surface area contributed by atoms with E-state index in [1.807, 2.05) is 0 Å². The standard InChI is InChI=1S/C18H19Cl2N3O/c19-14-7-4-8-15(17(14)20)23-18(24)12-9-10-21-16(11-12)22-13-5-2-1-3-6-13/h4,7-11,13H,1-3,5-6H2,(H,21,22)(H,23,24). The van der Waals surface area contributed by atoms with E-state index >= 15 is 0 Å². The predicted molar refractivity (Wildman–Crippen MR) is 99.1 cm³/mol. The molecule has 2 N–H and O–H groups in total. The van der Waals surface area contributed by atoms with Gasteiger partial charge in [0, 0.05) is 17.8 Å². The highest BCUT2D eigenvalue weighted by molar-refractivity contribution is 6.44. The molecule has 0 aliphatic heterocycles. The van der Waals surface area contributed by atoms with Gasteiger partial charge >= 0.3 is 0 Å². The maximum atomic E-state index is 12.5. The number of nitrogens with one attached hydrogen (secondary N) is 2. The number of anilines is 2. The molecular weight excluding hydrogens is 345 g/mol. The van der Waals surface area contributed by atoms with Crippen molar-refractivity contribution in [1.82, 2.24) is 4.98 Å². The Labute approximate surface area is 151 Å². The van der Waals surface area contributed by atoms with E-state index in [0.717, 1.165) is 18.7 Å². The molecule has 1 aromatic heterocycles. The van der Waals surface area contributed by atoms with E-state index in [4.69, 9.17) is 23.2 Å². The van der Waals surface area contributed by atoms with Crippen LogP contribution in [0.1, 0.15) is 42.5 Å². The maximum Gasteiger partial charge on any atom is 0.255 e. The number of nitrogens with zero attached hydrogens (tertiary/aromatic N) is 1. The molecule has 0 atom stereocenters. The smallest absolute Gasteiger partial charge is 0.255 e. The van der Waals surface area contributed by atoms with Crippen molar-refractivity contribution >= 4 is 40.6 Å². The summed E-state index contributed by atoms with van der Waals surface area (Å²) in [5, 5.41) is 6.95. The first kappa shape index (κ1) is 17.1. The van der Waals surface area contributed by atoms with Gasteiger partial charge in [0.15, 0.2) is 0 Å². The maximum absolute atomic E-state index is 12.5. The van der Waals surface area contributed by atoms with Crippen molar-refractivity contribution in [3.8, 4) is 0 Å². The van der Waals surface area contributed by atoms with Crippen LogP contribution < -0.4 is 10.6 Å². The van der Waals surface area contributed by atoms with Crippen LogP contribution >= 0.6 is 23.2 Å². The van der Waals surface area contributed by atoms with Gasteiger partial charge in [-0.25, -0.2) is 4.98 Å². The molecular formula is C18H19Cl2N3O. The van der Waals surface area contributed by atoms with E-state index in [1.165, 1.54) is 19.3 Å². The highest BCUT2D eigenvalue weighted by atomic mass is 35.5. The van der Waals surface area contributed by atoms with E-state index in [2.05, 4.69) is 15.6 Å². The molecule has 1 aliphatic rings. The Morgan fingerprint density at radius 2 is 1.92 bits per heavy atom. The van der Waals surface area contributed by atoms with Gasteiger partial charge in [-0.3, -0.25) is 4.79 Å². The molecule has 1 amide bonds. The molecule has 0 saturated heterocycles. The SMILES string of the molecule is O=C(Nc1cccc(Cl)c1Cl)c1ccnc(NC2CCCCC2)c1. The minimum atomic E-state index is -0.242. The quantitative estimate of drug-likeness (QED) is 0.765. The van der Waals surface area contributed by atoms with Crippen molar-refractivity contribution in [3.63, 3.8) is 0 Å². The second-order valence-corrected chi connectivity index (χ2v) is 6.75. The Hall–Kier alpha value is -1.78. The Kier molecular flexibility index (Phi) is 5.59. The highest BCUT2D eigenvalue weighted by Gasteiger charge is 2.15. The fourth-order valence-electron chi connectivity index (χ4n) is 2.90. The molecule has 1 saturated carbocycles. The van der Waals surface area contributed by atoms with Crippen LogP contribution in [-0.2, 0) is 0 Å². The second kappa shape index (κ2) is 7.86. The summed E-state index contributed by atoms with van der Waals surface area (Å²) in [7, 11) is 0. The zero-order valence-electron chi connectivity index (χ0n) is 13.2. The fourth-order valence-corrected chi connectivity index (χ4v) is 3.25. The van der Waals surface area contributed by atoms with E-state index < -0.39 is 0 Å². The van der Waals surface area contributed by atoms with Crippen LogP contribution in [0.5, 0.6) is 0 Å². The Balaban J connectivity index is 1.70. The third kappa shape index (κ3) is 4.19. The van der Waals surface area contributed by atoms with Crippen molar-refractivity contribution in [2.45, 2.75) is 38.1 Å². The number of benzene rings is 1.